The van der Waals surface area contributed by atoms with Gasteiger partial charge in [0.1, 0.15) is 5.76 Å². The molecule has 2 N–H and O–H groups in total. The third-order valence-corrected chi connectivity index (χ3v) is 3.84. The summed E-state index contributed by atoms with van der Waals surface area (Å²) in [5.41, 5.74) is 6.00. The van der Waals surface area contributed by atoms with Crippen molar-refractivity contribution in [2.24, 2.45) is 11.1 Å². The molecule has 92 valence electrons. The molecule has 1 heterocycles. The predicted octanol–water partition coefficient (Wildman–Crippen LogP) is 3.67. The Kier molecular flexibility index (Phi) is 5.99. The molecular formula is C13H23NOS. The summed E-state index contributed by atoms with van der Waals surface area (Å²) in [4.78, 5) is 0. The van der Waals surface area contributed by atoms with Crippen LogP contribution in [0.4, 0.5) is 0 Å². The summed E-state index contributed by atoms with van der Waals surface area (Å²) in [6.45, 7) is 5.26. The summed E-state index contributed by atoms with van der Waals surface area (Å²) < 4.78 is 5.27. The van der Waals surface area contributed by atoms with Gasteiger partial charge in [0, 0.05) is 0 Å². The Morgan fingerprint density at radius 1 is 1.38 bits per heavy atom. The zero-order chi connectivity index (χ0) is 11.9. The lowest BCUT2D eigenvalue weighted by atomic mass is 9.88. The molecule has 0 bridgehead atoms. The van der Waals surface area contributed by atoms with E-state index in [2.05, 4.69) is 13.8 Å². The molecule has 0 radical (unpaired) electrons. The van der Waals surface area contributed by atoms with E-state index in [9.17, 15) is 0 Å². The average Bonchev–Trinajstić information content (AvgIpc) is 2.76. The summed E-state index contributed by atoms with van der Waals surface area (Å²) >= 11 is 1.94. The van der Waals surface area contributed by atoms with Crippen LogP contribution in [0.2, 0.25) is 0 Å². The first kappa shape index (κ1) is 13.7. The highest BCUT2D eigenvalue weighted by atomic mass is 32.2. The van der Waals surface area contributed by atoms with Gasteiger partial charge in [0.25, 0.3) is 0 Å². The maximum atomic E-state index is 5.69. The van der Waals surface area contributed by atoms with E-state index < -0.39 is 0 Å². The van der Waals surface area contributed by atoms with Crippen LogP contribution in [0, 0.1) is 5.41 Å². The Balaban J connectivity index is 1.96. The van der Waals surface area contributed by atoms with Crippen LogP contribution in [0.3, 0.4) is 0 Å². The van der Waals surface area contributed by atoms with Crippen molar-refractivity contribution in [1.29, 1.82) is 0 Å². The fraction of sp³-hybridized carbons (Fsp3) is 0.692. The number of hydrogen-bond donors (Lipinski definition) is 1. The molecule has 0 saturated heterocycles. The third kappa shape index (κ3) is 5.61. The molecule has 0 unspecified atom stereocenters. The molecule has 0 amide bonds. The molecule has 0 saturated carbocycles. The Labute approximate surface area is 103 Å². The number of hydrogen-bond acceptors (Lipinski definition) is 3. The van der Waals surface area contributed by atoms with Crippen molar-refractivity contribution in [3.63, 3.8) is 0 Å². The molecule has 0 aliphatic rings. The Bertz CT molecular complexity index is 269. The molecular weight excluding hydrogens is 218 g/mol. The van der Waals surface area contributed by atoms with E-state index in [0.717, 1.165) is 18.1 Å². The molecule has 1 aromatic rings. The SMILES string of the molecule is CC(C)(CN)CCCCSCc1ccco1. The lowest BCUT2D eigenvalue weighted by Crippen LogP contribution is -2.23. The van der Waals surface area contributed by atoms with Gasteiger partial charge >= 0.3 is 0 Å². The van der Waals surface area contributed by atoms with Gasteiger partial charge in [-0.1, -0.05) is 20.3 Å². The molecule has 1 aromatic heterocycles. The van der Waals surface area contributed by atoms with Gasteiger partial charge in [0.15, 0.2) is 0 Å². The lowest BCUT2D eigenvalue weighted by molar-refractivity contribution is 0.336. The van der Waals surface area contributed by atoms with Crippen LogP contribution in [-0.2, 0) is 5.75 Å². The normalized spacial score (nSPS) is 11.9. The topological polar surface area (TPSA) is 39.2 Å². The molecule has 0 atom stereocenters. The second kappa shape index (κ2) is 7.02. The van der Waals surface area contributed by atoms with Crippen LogP contribution in [0.15, 0.2) is 22.8 Å². The molecule has 0 aliphatic heterocycles. The van der Waals surface area contributed by atoms with Gasteiger partial charge in [-0.05, 0) is 42.7 Å². The van der Waals surface area contributed by atoms with Gasteiger partial charge in [-0.2, -0.15) is 11.8 Å². The molecule has 2 nitrogen and oxygen atoms in total. The largest absolute Gasteiger partial charge is 0.468 e. The summed E-state index contributed by atoms with van der Waals surface area (Å²) in [5, 5.41) is 0. The second-order valence-electron chi connectivity index (χ2n) is 4.96. The van der Waals surface area contributed by atoms with E-state index in [-0.39, 0.29) is 0 Å². The van der Waals surface area contributed by atoms with Crippen molar-refractivity contribution in [3.8, 4) is 0 Å². The monoisotopic (exact) mass is 241 g/mol. The zero-order valence-electron chi connectivity index (χ0n) is 10.4. The number of nitrogens with two attached hydrogens (primary N) is 1. The summed E-state index contributed by atoms with van der Waals surface area (Å²) in [7, 11) is 0. The summed E-state index contributed by atoms with van der Waals surface area (Å²) in [5.74, 6) is 3.28. The van der Waals surface area contributed by atoms with Crippen LogP contribution in [0.1, 0.15) is 38.9 Å². The van der Waals surface area contributed by atoms with E-state index >= 15 is 0 Å². The number of rotatable bonds is 8. The minimum Gasteiger partial charge on any atom is -0.468 e. The van der Waals surface area contributed by atoms with E-state index in [4.69, 9.17) is 10.2 Å². The van der Waals surface area contributed by atoms with Crippen LogP contribution >= 0.6 is 11.8 Å². The highest BCUT2D eigenvalue weighted by molar-refractivity contribution is 7.98. The van der Waals surface area contributed by atoms with Gasteiger partial charge in [0.05, 0.1) is 12.0 Å². The van der Waals surface area contributed by atoms with Crippen molar-refractivity contribution >= 4 is 11.8 Å². The van der Waals surface area contributed by atoms with Crippen molar-refractivity contribution in [3.05, 3.63) is 24.2 Å². The van der Waals surface area contributed by atoms with Crippen LogP contribution in [0.25, 0.3) is 0 Å². The first-order valence-corrected chi connectivity index (χ1v) is 7.10. The predicted molar refractivity (Wildman–Crippen MR) is 71.6 cm³/mol. The molecule has 0 aromatic carbocycles. The van der Waals surface area contributed by atoms with Crippen molar-refractivity contribution in [2.45, 2.75) is 38.9 Å². The van der Waals surface area contributed by atoms with Gasteiger partial charge in [-0.15, -0.1) is 0 Å². The second-order valence-corrected chi connectivity index (χ2v) is 6.06. The maximum Gasteiger partial charge on any atom is 0.113 e. The van der Waals surface area contributed by atoms with E-state index in [1.807, 2.05) is 23.9 Å². The quantitative estimate of drug-likeness (QED) is 0.706. The summed E-state index contributed by atoms with van der Waals surface area (Å²) in [6.07, 6.45) is 5.51. The van der Waals surface area contributed by atoms with Gasteiger partial charge in [-0.25, -0.2) is 0 Å². The maximum absolute atomic E-state index is 5.69. The standard InChI is InChI=1S/C13H23NOS/c1-13(2,11-14)7-3-4-9-16-10-12-6-5-8-15-12/h5-6,8H,3-4,7,9-11,14H2,1-2H3. The molecule has 1 rings (SSSR count). The van der Waals surface area contributed by atoms with Crippen molar-refractivity contribution in [1.82, 2.24) is 0 Å². The molecule has 0 spiro atoms. The fourth-order valence-electron chi connectivity index (χ4n) is 1.48. The van der Waals surface area contributed by atoms with Gasteiger partial charge < -0.3 is 10.2 Å². The van der Waals surface area contributed by atoms with Crippen LogP contribution < -0.4 is 5.73 Å². The Morgan fingerprint density at radius 3 is 2.81 bits per heavy atom. The first-order chi connectivity index (χ1) is 7.64. The minimum absolute atomic E-state index is 0.311. The van der Waals surface area contributed by atoms with Gasteiger partial charge in [-0.3, -0.25) is 0 Å². The van der Waals surface area contributed by atoms with Crippen molar-refractivity contribution in [2.75, 3.05) is 12.3 Å². The van der Waals surface area contributed by atoms with Crippen LogP contribution in [-0.4, -0.2) is 12.3 Å². The minimum atomic E-state index is 0.311. The molecule has 16 heavy (non-hydrogen) atoms. The van der Waals surface area contributed by atoms with E-state index in [0.29, 0.717) is 5.41 Å². The van der Waals surface area contributed by atoms with E-state index in [1.54, 1.807) is 6.26 Å². The lowest BCUT2D eigenvalue weighted by Gasteiger charge is -2.21. The first-order valence-electron chi connectivity index (χ1n) is 5.94. The number of furan rings is 1. The Hall–Kier alpha value is -0.410. The van der Waals surface area contributed by atoms with Crippen LogP contribution in [0.5, 0.6) is 0 Å². The molecule has 3 heteroatoms. The highest BCUT2D eigenvalue weighted by Crippen LogP contribution is 2.22. The average molecular weight is 241 g/mol. The van der Waals surface area contributed by atoms with Crippen molar-refractivity contribution < 1.29 is 4.42 Å². The van der Waals surface area contributed by atoms with E-state index in [1.165, 1.54) is 25.0 Å². The van der Waals surface area contributed by atoms with Gasteiger partial charge in [0.2, 0.25) is 0 Å². The molecule has 0 aliphatic carbocycles. The Morgan fingerprint density at radius 2 is 2.19 bits per heavy atom. The zero-order valence-corrected chi connectivity index (χ0v) is 11.2. The third-order valence-electron chi connectivity index (χ3n) is 2.77. The molecule has 0 fully saturated rings. The summed E-state index contributed by atoms with van der Waals surface area (Å²) in [6, 6.07) is 3.98. The fourth-order valence-corrected chi connectivity index (χ4v) is 2.40. The number of thioether (sulfide) groups is 1. The smallest absolute Gasteiger partial charge is 0.113 e. The highest BCUT2D eigenvalue weighted by Gasteiger charge is 2.14. The number of unbranched alkanes of at least 4 members (excludes halogenated alkanes) is 1.